The van der Waals surface area contributed by atoms with Gasteiger partial charge in [-0.3, -0.25) is 0 Å². The van der Waals surface area contributed by atoms with Gasteiger partial charge in [-0.2, -0.15) is 0 Å². The van der Waals surface area contributed by atoms with Gasteiger partial charge < -0.3 is 20.6 Å². The molecule has 1 aliphatic rings. The fourth-order valence-electron chi connectivity index (χ4n) is 3.16. The van der Waals surface area contributed by atoms with Crippen LogP contribution in [0.25, 0.3) is 0 Å². The predicted octanol–water partition coefficient (Wildman–Crippen LogP) is 2.18. The van der Waals surface area contributed by atoms with Crippen molar-refractivity contribution in [2.45, 2.75) is 32.1 Å². The Balaban J connectivity index is 1.66. The summed E-state index contributed by atoms with van der Waals surface area (Å²) in [5, 5.41) is 15.1. The maximum absolute atomic E-state index is 12.0. The highest BCUT2D eigenvalue weighted by molar-refractivity contribution is 5.73. The number of carbonyl (C=O) groups excluding carboxylic acids is 1. The van der Waals surface area contributed by atoms with E-state index in [1.165, 1.54) is 12.8 Å². The summed E-state index contributed by atoms with van der Waals surface area (Å²) in [6.45, 7) is 6.83. The number of aliphatic hydroxyl groups is 1. The largest absolute Gasteiger partial charge is 0.396 e. The van der Waals surface area contributed by atoms with Crippen LogP contribution < -0.4 is 10.6 Å². The van der Waals surface area contributed by atoms with Crippen molar-refractivity contribution in [1.29, 1.82) is 0 Å². The van der Waals surface area contributed by atoms with Crippen LogP contribution in [0.3, 0.4) is 0 Å². The third kappa shape index (κ3) is 6.49. The lowest BCUT2D eigenvalue weighted by atomic mass is 9.96. The van der Waals surface area contributed by atoms with E-state index in [-0.39, 0.29) is 18.6 Å². The van der Waals surface area contributed by atoms with Gasteiger partial charge in [0.1, 0.15) is 0 Å². The lowest BCUT2D eigenvalue weighted by Gasteiger charge is -2.30. The number of piperidine rings is 1. The molecule has 0 saturated carbocycles. The van der Waals surface area contributed by atoms with Gasteiger partial charge in [0, 0.05) is 32.2 Å². The Morgan fingerprint density at radius 2 is 1.96 bits per heavy atom. The number of urea groups is 1. The van der Waals surface area contributed by atoms with Crippen LogP contribution in [0.5, 0.6) is 0 Å². The van der Waals surface area contributed by atoms with E-state index in [2.05, 4.69) is 22.5 Å². The molecule has 1 atom stereocenters. The van der Waals surface area contributed by atoms with Crippen molar-refractivity contribution < 1.29 is 9.90 Å². The Labute approximate surface area is 145 Å². The van der Waals surface area contributed by atoms with Gasteiger partial charge in [0.2, 0.25) is 0 Å². The minimum Gasteiger partial charge on any atom is -0.396 e. The van der Waals surface area contributed by atoms with Crippen LogP contribution in [0.4, 0.5) is 4.79 Å². The number of hydrogen-bond donors (Lipinski definition) is 3. The first-order valence-electron chi connectivity index (χ1n) is 9.09. The molecule has 0 aromatic heterocycles. The van der Waals surface area contributed by atoms with Crippen LogP contribution in [0, 0.1) is 5.92 Å². The average molecular weight is 333 g/mol. The summed E-state index contributed by atoms with van der Waals surface area (Å²) in [5.74, 6) is 0.976. The van der Waals surface area contributed by atoms with Gasteiger partial charge in [0.15, 0.2) is 0 Å². The van der Waals surface area contributed by atoms with Crippen molar-refractivity contribution in [1.82, 2.24) is 15.5 Å². The number of nitrogens with zero attached hydrogens (tertiary/aromatic N) is 1. The van der Waals surface area contributed by atoms with Crippen LogP contribution >= 0.6 is 0 Å². The lowest BCUT2D eigenvalue weighted by molar-refractivity contribution is 0.191. The first kappa shape index (κ1) is 18.7. The quantitative estimate of drug-likeness (QED) is 0.683. The van der Waals surface area contributed by atoms with Gasteiger partial charge in [0.05, 0.1) is 0 Å². The maximum atomic E-state index is 12.0. The van der Waals surface area contributed by atoms with Crippen molar-refractivity contribution in [3.63, 3.8) is 0 Å². The first-order valence-corrected chi connectivity index (χ1v) is 9.09. The van der Waals surface area contributed by atoms with E-state index in [0.29, 0.717) is 19.5 Å². The normalized spacial score (nSPS) is 17.4. The molecular formula is C19H31N3O2. The van der Waals surface area contributed by atoms with Gasteiger partial charge in [0.25, 0.3) is 0 Å². The molecule has 1 fully saturated rings. The van der Waals surface area contributed by atoms with E-state index >= 15 is 0 Å². The Morgan fingerprint density at radius 1 is 1.25 bits per heavy atom. The lowest BCUT2D eigenvalue weighted by Crippen LogP contribution is -2.43. The van der Waals surface area contributed by atoms with E-state index in [4.69, 9.17) is 0 Å². The summed E-state index contributed by atoms with van der Waals surface area (Å²) in [4.78, 5) is 14.4. The molecule has 0 aliphatic carbocycles. The summed E-state index contributed by atoms with van der Waals surface area (Å²) in [6.07, 6.45) is 3.16. The van der Waals surface area contributed by atoms with Crippen LogP contribution in [-0.2, 0) is 0 Å². The van der Waals surface area contributed by atoms with E-state index in [1.54, 1.807) is 0 Å². The molecule has 5 nitrogen and oxygen atoms in total. The highest BCUT2D eigenvalue weighted by Crippen LogP contribution is 2.18. The molecule has 1 aliphatic heterocycles. The summed E-state index contributed by atoms with van der Waals surface area (Å²) < 4.78 is 0. The van der Waals surface area contributed by atoms with Gasteiger partial charge in [-0.25, -0.2) is 4.79 Å². The van der Waals surface area contributed by atoms with Gasteiger partial charge in [-0.1, -0.05) is 37.3 Å². The van der Waals surface area contributed by atoms with Crippen molar-refractivity contribution >= 4 is 6.03 Å². The Hall–Kier alpha value is -1.59. The summed E-state index contributed by atoms with van der Waals surface area (Å²) in [6, 6.07) is 9.90. The third-order valence-corrected chi connectivity index (χ3v) is 4.85. The summed E-state index contributed by atoms with van der Waals surface area (Å²) in [7, 11) is 0. The molecule has 24 heavy (non-hydrogen) atoms. The molecule has 0 spiro atoms. The zero-order chi connectivity index (χ0) is 17.2. The smallest absolute Gasteiger partial charge is 0.314 e. The number of amides is 2. The number of aliphatic hydroxyl groups excluding tert-OH is 1. The summed E-state index contributed by atoms with van der Waals surface area (Å²) in [5.41, 5.74) is 1.15. The molecule has 1 unspecified atom stereocenters. The first-order chi connectivity index (χ1) is 11.7. The highest BCUT2D eigenvalue weighted by Gasteiger charge is 2.15. The molecule has 2 amide bonds. The second-order valence-corrected chi connectivity index (χ2v) is 6.78. The van der Waals surface area contributed by atoms with E-state index in [9.17, 15) is 9.90 Å². The monoisotopic (exact) mass is 333 g/mol. The number of rotatable bonds is 8. The fourth-order valence-corrected chi connectivity index (χ4v) is 3.16. The number of likely N-dealkylation sites (tertiary alicyclic amines) is 1. The molecular weight excluding hydrogens is 302 g/mol. The zero-order valence-corrected chi connectivity index (χ0v) is 14.7. The van der Waals surface area contributed by atoms with Crippen LogP contribution in [0.2, 0.25) is 0 Å². The molecule has 0 bridgehead atoms. The molecule has 0 radical (unpaired) electrons. The second kappa shape index (κ2) is 10.3. The number of carbonyl (C=O) groups is 1. The molecule has 3 N–H and O–H groups in total. The second-order valence-electron chi connectivity index (χ2n) is 6.78. The van der Waals surface area contributed by atoms with E-state index in [1.807, 2.05) is 30.3 Å². The molecule has 1 saturated heterocycles. The van der Waals surface area contributed by atoms with E-state index in [0.717, 1.165) is 31.1 Å². The zero-order valence-electron chi connectivity index (χ0n) is 14.7. The van der Waals surface area contributed by atoms with Crippen molar-refractivity contribution in [2.24, 2.45) is 5.92 Å². The minimum absolute atomic E-state index is 0.121. The molecule has 1 aromatic carbocycles. The minimum atomic E-state index is -0.126. The van der Waals surface area contributed by atoms with Crippen LogP contribution in [0.1, 0.15) is 37.7 Å². The van der Waals surface area contributed by atoms with E-state index < -0.39 is 0 Å². The molecule has 5 heteroatoms. The third-order valence-electron chi connectivity index (χ3n) is 4.85. The van der Waals surface area contributed by atoms with Crippen molar-refractivity contribution in [3.05, 3.63) is 35.9 Å². The van der Waals surface area contributed by atoms with Gasteiger partial charge in [-0.05, 0) is 43.8 Å². The Morgan fingerprint density at radius 3 is 2.62 bits per heavy atom. The SMILES string of the molecule is CC1CCN(CCNC(=O)NCC(CCO)c2ccccc2)CC1. The number of benzene rings is 1. The molecule has 1 aromatic rings. The van der Waals surface area contributed by atoms with Gasteiger partial charge in [-0.15, -0.1) is 0 Å². The van der Waals surface area contributed by atoms with Crippen molar-refractivity contribution in [2.75, 3.05) is 39.3 Å². The van der Waals surface area contributed by atoms with Crippen molar-refractivity contribution in [3.8, 4) is 0 Å². The van der Waals surface area contributed by atoms with Crippen LogP contribution in [-0.4, -0.2) is 55.4 Å². The molecule has 134 valence electrons. The Bertz CT molecular complexity index is 473. The van der Waals surface area contributed by atoms with Crippen LogP contribution in [0.15, 0.2) is 30.3 Å². The molecule has 2 rings (SSSR count). The number of nitrogens with one attached hydrogen (secondary N) is 2. The fraction of sp³-hybridized carbons (Fsp3) is 0.632. The molecule has 1 heterocycles. The maximum Gasteiger partial charge on any atom is 0.314 e. The Kier molecular flexibility index (Phi) is 8.05. The average Bonchev–Trinajstić information content (AvgIpc) is 2.61. The predicted molar refractivity (Wildman–Crippen MR) is 97.1 cm³/mol. The summed E-state index contributed by atoms with van der Waals surface area (Å²) >= 11 is 0. The standard InChI is InChI=1S/C19H31N3O2/c1-16-7-11-22(12-8-16)13-10-20-19(24)21-15-18(9-14-23)17-5-3-2-4-6-17/h2-6,16,18,23H,7-15H2,1H3,(H2,20,21,24). The highest BCUT2D eigenvalue weighted by atomic mass is 16.3. The number of hydrogen-bond acceptors (Lipinski definition) is 3. The van der Waals surface area contributed by atoms with Gasteiger partial charge >= 0.3 is 6.03 Å². The topological polar surface area (TPSA) is 64.6 Å².